The van der Waals surface area contributed by atoms with Crippen molar-refractivity contribution in [2.75, 3.05) is 0 Å². The molecule has 1 fully saturated rings. The highest BCUT2D eigenvalue weighted by Crippen LogP contribution is 2.32. The summed E-state index contributed by atoms with van der Waals surface area (Å²) in [6.07, 6.45) is 2.08. The number of carbonyl (C=O) groups is 1. The number of amides is 1. The van der Waals surface area contributed by atoms with Crippen LogP contribution in [0.5, 0.6) is 0 Å². The Morgan fingerprint density at radius 2 is 2.31 bits per heavy atom. The number of carbonyl (C=O) groups excluding carboxylic acids is 1. The molecule has 0 saturated heterocycles. The highest BCUT2D eigenvalue weighted by atomic mass is 79.9. The molecule has 1 amide bonds. The van der Waals surface area contributed by atoms with E-state index in [0.29, 0.717) is 11.5 Å². The molecule has 0 aromatic heterocycles. The Morgan fingerprint density at radius 1 is 1.56 bits per heavy atom. The van der Waals surface area contributed by atoms with Crippen molar-refractivity contribution in [2.24, 2.45) is 5.92 Å². The lowest BCUT2D eigenvalue weighted by Crippen LogP contribution is -2.35. The van der Waals surface area contributed by atoms with Gasteiger partial charge in [-0.1, -0.05) is 22.0 Å². The highest BCUT2D eigenvalue weighted by Gasteiger charge is 2.32. The largest absolute Gasteiger partial charge is 0.336 e. The van der Waals surface area contributed by atoms with E-state index in [2.05, 4.69) is 27.3 Å². The van der Waals surface area contributed by atoms with Gasteiger partial charge in [-0.05, 0) is 37.0 Å². The molecule has 0 radical (unpaired) electrons. The van der Waals surface area contributed by atoms with E-state index in [1.807, 2.05) is 6.07 Å². The summed E-state index contributed by atoms with van der Waals surface area (Å²) < 4.78 is 0.861. The smallest absolute Gasteiger partial charge is 0.252 e. The molecule has 1 saturated carbocycles. The lowest BCUT2D eigenvalue weighted by molar-refractivity contribution is 0.0942. The van der Waals surface area contributed by atoms with Crippen molar-refractivity contribution in [1.82, 2.24) is 5.32 Å². The normalized spacial score (nSPS) is 16.2. The summed E-state index contributed by atoms with van der Waals surface area (Å²) in [6, 6.07) is 8.94. The Kier molecular flexibility index (Phi) is 3.25. The van der Waals surface area contributed by atoms with Crippen LogP contribution in [0.4, 0.5) is 0 Å². The topological polar surface area (TPSA) is 52.9 Å². The maximum absolute atomic E-state index is 11.8. The van der Waals surface area contributed by atoms with Crippen LogP contribution in [0.1, 0.15) is 23.2 Å². The average molecular weight is 279 g/mol. The van der Waals surface area contributed by atoms with Crippen molar-refractivity contribution in [3.63, 3.8) is 0 Å². The number of nitrogens with one attached hydrogen (secondary N) is 1. The number of nitrogens with zero attached hydrogens (tertiary/aromatic N) is 1. The van der Waals surface area contributed by atoms with Crippen LogP contribution < -0.4 is 5.32 Å². The van der Waals surface area contributed by atoms with Crippen molar-refractivity contribution in [3.8, 4) is 6.07 Å². The lowest BCUT2D eigenvalue weighted by atomic mass is 10.1. The molecule has 82 valence electrons. The molecule has 0 heterocycles. The van der Waals surface area contributed by atoms with E-state index >= 15 is 0 Å². The minimum Gasteiger partial charge on any atom is -0.336 e. The van der Waals surface area contributed by atoms with Crippen molar-refractivity contribution in [3.05, 3.63) is 34.3 Å². The van der Waals surface area contributed by atoms with Gasteiger partial charge in [0.2, 0.25) is 0 Å². The Labute approximate surface area is 103 Å². The quantitative estimate of drug-likeness (QED) is 0.924. The number of benzene rings is 1. The van der Waals surface area contributed by atoms with E-state index in [-0.39, 0.29) is 11.9 Å². The van der Waals surface area contributed by atoms with Gasteiger partial charge in [-0.25, -0.2) is 0 Å². The summed E-state index contributed by atoms with van der Waals surface area (Å²) in [6.45, 7) is 0. The molecule has 1 aliphatic rings. The zero-order valence-electron chi connectivity index (χ0n) is 8.61. The zero-order valence-corrected chi connectivity index (χ0v) is 10.2. The van der Waals surface area contributed by atoms with Crippen LogP contribution in [0.15, 0.2) is 28.7 Å². The standard InChI is InChI=1S/C12H11BrN2O/c13-10-3-1-2-9(6-10)12(16)15-11(7-14)8-4-5-8/h1-3,6,8,11H,4-5H2,(H,15,16). The molecule has 1 aromatic carbocycles. The first-order chi connectivity index (χ1) is 7.70. The first-order valence-electron chi connectivity index (χ1n) is 5.17. The molecular formula is C12H11BrN2O. The summed E-state index contributed by atoms with van der Waals surface area (Å²) in [5.41, 5.74) is 0.579. The van der Waals surface area contributed by atoms with Crippen LogP contribution in [0, 0.1) is 17.2 Å². The zero-order chi connectivity index (χ0) is 11.5. The molecule has 4 heteroatoms. The third-order valence-corrected chi connectivity index (χ3v) is 3.10. The molecule has 1 aromatic rings. The number of hydrogen-bond acceptors (Lipinski definition) is 2. The van der Waals surface area contributed by atoms with Crippen LogP contribution >= 0.6 is 15.9 Å². The summed E-state index contributed by atoms with van der Waals surface area (Å²) in [5, 5.41) is 11.7. The summed E-state index contributed by atoms with van der Waals surface area (Å²) >= 11 is 3.31. The van der Waals surface area contributed by atoms with Gasteiger partial charge in [0.25, 0.3) is 5.91 Å². The Balaban J connectivity index is 2.05. The predicted molar refractivity (Wildman–Crippen MR) is 63.7 cm³/mol. The summed E-state index contributed by atoms with van der Waals surface area (Å²) in [5.74, 6) is 0.167. The van der Waals surface area contributed by atoms with Crippen molar-refractivity contribution >= 4 is 21.8 Å². The number of nitriles is 1. The maximum Gasteiger partial charge on any atom is 0.252 e. The number of hydrogen-bond donors (Lipinski definition) is 1. The Morgan fingerprint density at radius 3 is 2.88 bits per heavy atom. The molecule has 2 rings (SSSR count). The molecule has 3 nitrogen and oxygen atoms in total. The second-order valence-corrected chi connectivity index (χ2v) is 4.84. The molecule has 0 aliphatic heterocycles. The molecule has 1 atom stereocenters. The molecule has 1 unspecified atom stereocenters. The van der Waals surface area contributed by atoms with Crippen molar-refractivity contribution in [1.29, 1.82) is 5.26 Å². The van der Waals surface area contributed by atoms with Crippen LogP contribution in [0.2, 0.25) is 0 Å². The SMILES string of the molecule is N#CC(NC(=O)c1cccc(Br)c1)C1CC1. The molecular weight excluding hydrogens is 268 g/mol. The van der Waals surface area contributed by atoms with Crippen molar-refractivity contribution < 1.29 is 4.79 Å². The van der Waals surface area contributed by atoms with Crippen LogP contribution in [0.3, 0.4) is 0 Å². The number of rotatable bonds is 3. The second kappa shape index (κ2) is 4.67. The molecule has 1 N–H and O–H groups in total. The molecule has 16 heavy (non-hydrogen) atoms. The fourth-order valence-electron chi connectivity index (χ4n) is 1.54. The van der Waals surface area contributed by atoms with E-state index in [1.165, 1.54) is 0 Å². The van der Waals surface area contributed by atoms with Gasteiger partial charge in [0.05, 0.1) is 6.07 Å². The lowest BCUT2D eigenvalue weighted by Gasteiger charge is -2.10. The predicted octanol–water partition coefficient (Wildman–Crippen LogP) is 2.48. The van der Waals surface area contributed by atoms with Gasteiger partial charge in [-0.15, -0.1) is 0 Å². The summed E-state index contributed by atoms with van der Waals surface area (Å²) in [4.78, 5) is 11.8. The molecule has 1 aliphatic carbocycles. The fourth-order valence-corrected chi connectivity index (χ4v) is 1.94. The first kappa shape index (κ1) is 11.2. The van der Waals surface area contributed by atoms with E-state index in [4.69, 9.17) is 5.26 Å². The first-order valence-corrected chi connectivity index (χ1v) is 5.96. The fraction of sp³-hybridized carbons (Fsp3) is 0.333. The minimum atomic E-state index is -0.341. The number of halogens is 1. The summed E-state index contributed by atoms with van der Waals surface area (Å²) in [7, 11) is 0. The van der Waals surface area contributed by atoms with Gasteiger partial charge in [0, 0.05) is 10.0 Å². The van der Waals surface area contributed by atoms with Crippen molar-refractivity contribution in [2.45, 2.75) is 18.9 Å². The molecule has 0 spiro atoms. The highest BCUT2D eigenvalue weighted by molar-refractivity contribution is 9.10. The monoisotopic (exact) mass is 278 g/mol. The van der Waals surface area contributed by atoms with Crippen LogP contribution in [0.25, 0.3) is 0 Å². The van der Waals surface area contributed by atoms with E-state index in [9.17, 15) is 4.79 Å². The van der Waals surface area contributed by atoms with E-state index < -0.39 is 0 Å². The Bertz CT molecular complexity index is 449. The van der Waals surface area contributed by atoms with Gasteiger partial charge < -0.3 is 5.32 Å². The molecule has 0 bridgehead atoms. The van der Waals surface area contributed by atoms with Gasteiger partial charge in [0.1, 0.15) is 6.04 Å². The third-order valence-electron chi connectivity index (χ3n) is 2.61. The maximum atomic E-state index is 11.8. The van der Waals surface area contributed by atoms with E-state index in [1.54, 1.807) is 18.2 Å². The van der Waals surface area contributed by atoms with Crippen LogP contribution in [-0.2, 0) is 0 Å². The Hall–Kier alpha value is -1.34. The van der Waals surface area contributed by atoms with Gasteiger partial charge in [-0.2, -0.15) is 5.26 Å². The average Bonchev–Trinajstić information content (AvgIpc) is 3.09. The third kappa shape index (κ3) is 2.61. The minimum absolute atomic E-state index is 0.181. The van der Waals surface area contributed by atoms with E-state index in [0.717, 1.165) is 17.3 Å². The second-order valence-electron chi connectivity index (χ2n) is 3.93. The van der Waals surface area contributed by atoms with Gasteiger partial charge in [-0.3, -0.25) is 4.79 Å². The van der Waals surface area contributed by atoms with Gasteiger partial charge >= 0.3 is 0 Å². The van der Waals surface area contributed by atoms with Gasteiger partial charge in [0.15, 0.2) is 0 Å². The van der Waals surface area contributed by atoms with Crippen LogP contribution in [-0.4, -0.2) is 11.9 Å².